The van der Waals surface area contributed by atoms with Gasteiger partial charge in [0.05, 0.1) is 20.6 Å². The van der Waals surface area contributed by atoms with E-state index in [-0.39, 0.29) is 17.7 Å². The average Bonchev–Trinajstić information content (AvgIpc) is 2.54. The Morgan fingerprint density at radius 1 is 1.00 bits per heavy atom. The second kappa shape index (κ2) is 7.39. The van der Waals surface area contributed by atoms with Crippen molar-refractivity contribution in [1.82, 2.24) is 0 Å². The van der Waals surface area contributed by atoms with Crippen molar-refractivity contribution in [3.8, 4) is 11.5 Å². The summed E-state index contributed by atoms with van der Waals surface area (Å²) in [6.45, 7) is 6.49. The lowest BCUT2D eigenvalue weighted by atomic mass is 9.87. The Morgan fingerprint density at radius 2 is 1.67 bits per heavy atom. The van der Waals surface area contributed by atoms with Crippen molar-refractivity contribution < 1.29 is 14.3 Å². The molecular formula is C20H25NO3. The first-order valence-corrected chi connectivity index (χ1v) is 7.95. The predicted molar refractivity (Wildman–Crippen MR) is 97.0 cm³/mol. The van der Waals surface area contributed by atoms with Crippen LogP contribution in [0.25, 0.3) is 0 Å². The van der Waals surface area contributed by atoms with Crippen LogP contribution < -0.4 is 14.8 Å². The Balaban J connectivity index is 2.08. The molecule has 0 aliphatic rings. The molecule has 0 spiro atoms. The van der Waals surface area contributed by atoms with E-state index in [1.54, 1.807) is 20.3 Å². The third-order valence-corrected chi connectivity index (χ3v) is 3.87. The molecule has 0 bridgehead atoms. The summed E-state index contributed by atoms with van der Waals surface area (Å²) < 4.78 is 10.5. The van der Waals surface area contributed by atoms with Gasteiger partial charge in [-0.1, -0.05) is 32.9 Å². The van der Waals surface area contributed by atoms with Crippen LogP contribution in [-0.2, 0) is 16.6 Å². The highest BCUT2D eigenvalue weighted by molar-refractivity contribution is 5.92. The smallest absolute Gasteiger partial charge is 0.228 e. The Hall–Kier alpha value is -2.49. The average molecular weight is 327 g/mol. The fourth-order valence-corrected chi connectivity index (χ4v) is 2.45. The number of anilines is 1. The molecule has 2 aromatic carbocycles. The summed E-state index contributed by atoms with van der Waals surface area (Å²) >= 11 is 0. The number of amides is 1. The number of rotatable bonds is 5. The molecule has 2 aromatic rings. The van der Waals surface area contributed by atoms with E-state index in [0.29, 0.717) is 11.5 Å². The quantitative estimate of drug-likeness (QED) is 0.896. The van der Waals surface area contributed by atoms with Crippen LogP contribution in [0.2, 0.25) is 0 Å². The summed E-state index contributed by atoms with van der Waals surface area (Å²) in [5.74, 6) is 1.28. The van der Waals surface area contributed by atoms with Crippen LogP contribution in [0.3, 0.4) is 0 Å². The van der Waals surface area contributed by atoms with Gasteiger partial charge in [0, 0.05) is 11.3 Å². The topological polar surface area (TPSA) is 47.6 Å². The monoisotopic (exact) mass is 327 g/mol. The van der Waals surface area contributed by atoms with Gasteiger partial charge in [-0.3, -0.25) is 4.79 Å². The van der Waals surface area contributed by atoms with E-state index in [1.807, 2.05) is 36.4 Å². The highest BCUT2D eigenvalue weighted by atomic mass is 16.5. The Kier molecular flexibility index (Phi) is 5.50. The first-order valence-electron chi connectivity index (χ1n) is 7.95. The minimum absolute atomic E-state index is 0.0925. The molecule has 0 saturated heterocycles. The van der Waals surface area contributed by atoms with Crippen molar-refractivity contribution in [2.24, 2.45) is 0 Å². The lowest BCUT2D eigenvalue weighted by Crippen LogP contribution is -2.15. The summed E-state index contributed by atoms with van der Waals surface area (Å²) in [7, 11) is 3.19. The fourth-order valence-electron chi connectivity index (χ4n) is 2.45. The summed E-state index contributed by atoms with van der Waals surface area (Å²) in [5.41, 5.74) is 2.90. The van der Waals surface area contributed by atoms with E-state index in [9.17, 15) is 4.79 Å². The minimum Gasteiger partial charge on any atom is -0.497 e. The van der Waals surface area contributed by atoms with Crippen molar-refractivity contribution in [2.45, 2.75) is 32.6 Å². The number of ether oxygens (including phenoxy) is 2. The third kappa shape index (κ3) is 4.51. The van der Waals surface area contributed by atoms with E-state index in [2.05, 4.69) is 26.1 Å². The van der Waals surface area contributed by atoms with E-state index in [1.165, 1.54) is 5.56 Å². The Bertz CT molecular complexity index is 700. The van der Waals surface area contributed by atoms with Gasteiger partial charge in [0.15, 0.2) is 0 Å². The zero-order valence-electron chi connectivity index (χ0n) is 15.0. The first-order chi connectivity index (χ1) is 11.3. The maximum Gasteiger partial charge on any atom is 0.228 e. The van der Waals surface area contributed by atoms with Crippen molar-refractivity contribution >= 4 is 11.6 Å². The third-order valence-electron chi connectivity index (χ3n) is 3.87. The molecule has 0 radical (unpaired) electrons. The number of benzene rings is 2. The second-order valence-electron chi connectivity index (χ2n) is 6.73. The van der Waals surface area contributed by atoms with E-state index in [0.717, 1.165) is 11.3 Å². The molecule has 0 aromatic heterocycles. The maximum atomic E-state index is 12.3. The summed E-state index contributed by atoms with van der Waals surface area (Å²) in [6.07, 6.45) is 0.224. The molecule has 4 nitrogen and oxygen atoms in total. The molecule has 2 rings (SSSR count). The normalized spacial score (nSPS) is 11.0. The predicted octanol–water partition coefficient (Wildman–Crippen LogP) is 4.18. The Morgan fingerprint density at radius 3 is 2.21 bits per heavy atom. The van der Waals surface area contributed by atoms with Gasteiger partial charge in [-0.15, -0.1) is 0 Å². The number of carbonyl (C=O) groups excluding carboxylic acids is 1. The van der Waals surface area contributed by atoms with Gasteiger partial charge in [0.25, 0.3) is 0 Å². The minimum atomic E-state index is -0.0925. The van der Waals surface area contributed by atoms with E-state index >= 15 is 0 Å². The van der Waals surface area contributed by atoms with Crippen LogP contribution in [0.4, 0.5) is 5.69 Å². The van der Waals surface area contributed by atoms with Gasteiger partial charge in [0.2, 0.25) is 5.91 Å². The first kappa shape index (κ1) is 17.9. The standard InChI is InChI=1S/C20H25NO3/c1-20(2,3)15-6-8-16(9-7-15)21-19(22)13-14-12-17(23-4)10-11-18(14)24-5/h6-12H,13H2,1-5H3,(H,21,22). The molecule has 0 atom stereocenters. The van der Waals surface area contributed by atoms with Crippen LogP contribution in [-0.4, -0.2) is 20.1 Å². The molecule has 1 amide bonds. The van der Waals surface area contributed by atoms with Crippen molar-refractivity contribution in [2.75, 3.05) is 19.5 Å². The van der Waals surface area contributed by atoms with Crippen molar-refractivity contribution in [1.29, 1.82) is 0 Å². The van der Waals surface area contributed by atoms with Gasteiger partial charge < -0.3 is 14.8 Å². The summed E-state index contributed by atoms with van der Waals surface area (Å²) in [6, 6.07) is 13.4. The molecule has 4 heteroatoms. The van der Waals surface area contributed by atoms with Gasteiger partial charge in [-0.25, -0.2) is 0 Å². The van der Waals surface area contributed by atoms with Crippen LogP contribution >= 0.6 is 0 Å². The van der Waals surface area contributed by atoms with Crippen molar-refractivity contribution in [3.63, 3.8) is 0 Å². The van der Waals surface area contributed by atoms with Crippen LogP contribution in [0.15, 0.2) is 42.5 Å². The van der Waals surface area contributed by atoms with Crippen LogP contribution in [0.5, 0.6) is 11.5 Å². The summed E-state index contributed by atoms with van der Waals surface area (Å²) in [5, 5.41) is 2.92. The lowest BCUT2D eigenvalue weighted by Gasteiger charge is -2.19. The van der Waals surface area contributed by atoms with E-state index < -0.39 is 0 Å². The highest BCUT2D eigenvalue weighted by Crippen LogP contribution is 2.26. The molecule has 0 aliphatic carbocycles. The molecule has 128 valence electrons. The van der Waals surface area contributed by atoms with Gasteiger partial charge in [0.1, 0.15) is 11.5 Å². The van der Waals surface area contributed by atoms with E-state index in [4.69, 9.17) is 9.47 Å². The molecular weight excluding hydrogens is 302 g/mol. The number of nitrogens with one attached hydrogen (secondary N) is 1. The maximum absolute atomic E-state index is 12.3. The molecule has 0 fully saturated rings. The van der Waals surface area contributed by atoms with Gasteiger partial charge in [-0.2, -0.15) is 0 Å². The number of carbonyl (C=O) groups is 1. The number of hydrogen-bond acceptors (Lipinski definition) is 3. The largest absolute Gasteiger partial charge is 0.497 e. The second-order valence-corrected chi connectivity index (χ2v) is 6.73. The summed E-state index contributed by atoms with van der Waals surface area (Å²) in [4.78, 5) is 12.3. The van der Waals surface area contributed by atoms with Gasteiger partial charge in [-0.05, 0) is 41.3 Å². The van der Waals surface area contributed by atoms with Crippen LogP contribution in [0, 0.1) is 0 Å². The Labute approximate surface area is 143 Å². The zero-order chi connectivity index (χ0) is 17.7. The lowest BCUT2D eigenvalue weighted by molar-refractivity contribution is -0.115. The highest BCUT2D eigenvalue weighted by Gasteiger charge is 2.14. The number of methoxy groups -OCH3 is 2. The molecule has 0 saturated carbocycles. The van der Waals surface area contributed by atoms with Crippen LogP contribution in [0.1, 0.15) is 31.9 Å². The molecule has 0 aliphatic heterocycles. The molecule has 1 N–H and O–H groups in total. The molecule has 24 heavy (non-hydrogen) atoms. The number of hydrogen-bond donors (Lipinski definition) is 1. The molecule has 0 heterocycles. The zero-order valence-corrected chi connectivity index (χ0v) is 15.0. The SMILES string of the molecule is COc1ccc(OC)c(CC(=O)Nc2ccc(C(C)(C)C)cc2)c1. The molecule has 0 unspecified atom stereocenters. The fraction of sp³-hybridized carbons (Fsp3) is 0.350. The van der Waals surface area contributed by atoms with Crippen molar-refractivity contribution in [3.05, 3.63) is 53.6 Å². The van der Waals surface area contributed by atoms with Gasteiger partial charge >= 0.3 is 0 Å².